The number of carbonyl (C=O) groups excluding carboxylic acids is 1. The maximum absolute atomic E-state index is 11.9. The number of carbonyl (C=O) groups is 1. The summed E-state index contributed by atoms with van der Waals surface area (Å²) in [6.07, 6.45) is 0.981. The number of halogens is 1. The molecule has 8 heteroatoms. The second kappa shape index (κ2) is 9.84. The lowest BCUT2D eigenvalue weighted by Gasteiger charge is -2.11. The molecule has 136 valence electrons. The Balaban J connectivity index is 1.72. The summed E-state index contributed by atoms with van der Waals surface area (Å²) < 4.78 is 11.6. The molecule has 0 radical (unpaired) electrons. The zero-order valence-corrected chi connectivity index (χ0v) is 16.9. The van der Waals surface area contributed by atoms with Gasteiger partial charge in [-0.05, 0) is 46.0 Å². The Hall–Kier alpha value is -1.51. The first kappa shape index (κ1) is 19.8. The van der Waals surface area contributed by atoms with E-state index in [1.54, 1.807) is 7.11 Å². The zero-order valence-electron chi connectivity index (χ0n) is 14.5. The van der Waals surface area contributed by atoms with Crippen molar-refractivity contribution < 1.29 is 14.3 Å². The molecule has 0 aliphatic heterocycles. The Morgan fingerprint density at radius 3 is 2.84 bits per heavy atom. The van der Waals surface area contributed by atoms with Crippen molar-refractivity contribution in [2.24, 2.45) is 0 Å². The Morgan fingerprint density at radius 2 is 2.16 bits per heavy atom. The minimum Gasteiger partial charge on any atom is -0.492 e. The van der Waals surface area contributed by atoms with E-state index < -0.39 is 0 Å². The third-order valence-electron chi connectivity index (χ3n) is 3.41. The molecule has 0 saturated heterocycles. The largest absolute Gasteiger partial charge is 0.492 e. The van der Waals surface area contributed by atoms with Crippen LogP contribution >= 0.6 is 27.3 Å². The number of anilines is 1. The molecule has 1 N–H and O–H groups in total. The molecule has 2 rings (SSSR count). The second-order valence-corrected chi connectivity index (χ2v) is 7.70. The van der Waals surface area contributed by atoms with Crippen LogP contribution in [0.3, 0.4) is 0 Å². The molecule has 0 spiro atoms. The first-order chi connectivity index (χ1) is 12.0. The van der Waals surface area contributed by atoms with E-state index in [1.165, 1.54) is 16.9 Å². The molecule has 1 heterocycles. The highest BCUT2D eigenvalue weighted by Crippen LogP contribution is 2.29. The highest BCUT2D eigenvalue weighted by Gasteiger charge is 2.09. The van der Waals surface area contributed by atoms with E-state index in [0.29, 0.717) is 37.1 Å². The van der Waals surface area contributed by atoms with Crippen molar-refractivity contribution in [1.82, 2.24) is 10.2 Å². The number of amides is 1. The average Bonchev–Trinajstić information content (AvgIpc) is 3.00. The Bertz CT molecular complexity index is 706. The number of nitrogens with zero attached hydrogens (tertiary/aromatic N) is 2. The zero-order chi connectivity index (χ0) is 18.2. The van der Waals surface area contributed by atoms with Crippen LogP contribution in [0.15, 0.2) is 22.7 Å². The van der Waals surface area contributed by atoms with Gasteiger partial charge in [0.2, 0.25) is 11.0 Å². The Labute approximate surface area is 160 Å². The van der Waals surface area contributed by atoms with Gasteiger partial charge in [0.15, 0.2) is 0 Å². The number of hydrogen-bond donors (Lipinski definition) is 1. The van der Waals surface area contributed by atoms with Gasteiger partial charge in [0, 0.05) is 13.5 Å². The molecule has 2 aromatic rings. The number of methoxy groups -OCH3 is 1. The molecule has 1 aromatic heterocycles. The van der Waals surface area contributed by atoms with Gasteiger partial charge in [0.05, 0.1) is 11.1 Å². The van der Waals surface area contributed by atoms with Crippen molar-refractivity contribution in [2.45, 2.75) is 39.2 Å². The van der Waals surface area contributed by atoms with Gasteiger partial charge in [-0.2, -0.15) is 0 Å². The number of benzene rings is 1. The van der Waals surface area contributed by atoms with Gasteiger partial charge in [-0.15, -0.1) is 10.2 Å². The molecular formula is C17H22BrN3O3S. The topological polar surface area (TPSA) is 73.3 Å². The van der Waals surface area contributed by atoms with Gasteiger partial charge >= 0.3 is 0 Å². The van der Waals surface area contributed by atoms with Crippen LogP contribution in [-0.4, -0.2) is 29.8 Å². The van der Waals surface area contributed by atoms with E-state index in [2.05, 4.69) is 57.4 Å². The van der Waals surface area contributed by atoms with Crippen LogP contribution in [0.1, 0.15) is 43.2 Å². The van der Waals surface area contributed by atoms with Crippen LogP contribution in [0.4, 0.5) is 5.13 Å². The van der Waals surface area contributed by atoms with Crippen molar-refractivity contribution >= 4 is 38.3 Å². The van der Waals surface area contributed by atoms with E-state index in [0.717, 1.165) is 15.2 Å². The first-order valence-corrected chi connectivity index (χ1v) is 9.64. The quantitative estimate of drug-likeness (QED) is 0.601. The number of ether oxygens (including phenoxy) is 2. The van der Waals surface area contributed by atoms with Crippen molar-refractivity contribution in [3.63, 3.8) is 0 Å². The maximum atomic E-state index is 11.9. The molecular weight excluding hydrogens is 406 g/mol. The molecule has 25 heavy (non-hydrogen) atoms. The minimum atomic E-state index is -0.0991. The molecule has 1 aromatic carbocycles. The molecule has 0 atom stereocenters. The van der Waals surface area contributed by atoms with Gasteiger partial charge in [-0.3, -0.25) is 4.79 Å². The molecule has 0 aliphatic rings. The van der Waals surface area contributed by atoms with Crippen LogP contribution in [0.25, 0.3) is 0 Å². The van der Waals surface area contributed by atoms with Crippen molar-refractivity contribution in [2.75, 3.05) is 19.0 Å². The Kier molecular flexibility index (Phi) is 7.80. The fraction of sp³-hybridized carbons (Fsp3) is 0.471. The summed E-state index contributed by atoms with van der Waals surface area (Å²) in [5.41, 5.74) is 1.25. The van der Waals surface area contributed by atoms with Crippen LogP contribution in [-0.2, 0) is 16.1 Å². The van der Waals surface area contributed by atoms with Crippen molar-refractivity contribution in [3.8, 4) is 5.75 Å². The standard InChI is InChI=1S/C17H22BrN3O3S/c1-11(2)12-6-7-14(13(18)9-12)24-8-4-5-15(22)19-17-21-20-16(25-17)10-23-3/h6-7,9,11H,4-5,8,10H2,1-3H3,(H,19,21,22). The van der Waals surface area contributed by atoms with Crippen LogP contribution in [0.2, 0.25) is 0 Å². The predicted octanol–water partition coefficient (Wildman–Crippen LogP) is 4.37. The highest BCUT2D eigenvalue weighted by atomic mass is 79.9. The summed E-state index contributed by atoms with van der Waals surface area (Å²) in [6, 6.07) is 6.09. The van der Waals surface area contributed by atoms with Crippen molar-refractivity contribution in [1.29, 1.82) is 0 Å². The molecule has 0 saturated carbocycles. The van der Waals surface area contributed by atoms with Crippen molar-refractivity contribution in [3.05, 3.63) is 33.2 Å². The molecule has 0 fully saturated rings. The summed E-state index contributed by atoms with van der Waals surface area (Å²) in [4.78, 5) is 11.9. The third kappa shape index (κ3) is 6.37. The minimum absolute atomic E-state index is 0.0991. The lowest BCUT2D eigenvalue weighted by molar-refractivity contribution is -0.116. The maximum Gasteiger partial charge on any atom is 0.226 e. The van der Waals surface area contributed by atoms with Gasteiger partial charge in [-0.1, -0.05) is 31.3 Å². The highest BCUT2D eigenvalue weighted by molar-refractivity contribution is 9.10. The normalized spacial score (nSPS) is 10.9. The van der Waals surface area contributed by atoms with Gasteiger partial charge < -0.3 is 14.8 Å². The monoisotopic (exact) mass is 427 g/mol. The summed E-state index contributed by atoms with van der Waals surface area (Å²) in [5.74, 6) is 1.16. The molecule has 0 bridgehead atoms. The van der Waals surface area contributed by atoms with Gasteiger partial charge in [0.1, 0.15) is 17.4 Å². The second-order valence-electron chi connectivity index (χ2n) is 5.78. The summed E-state index contributed by atoms with van der Waals surface area (Å²) in [7, 11) is 1.59. The average molecular weight is 428 g/mol. The lowest BCUT2D eigenvalue weighted by Crippen LogP contribution is -2.12. The fourth-order valence-corrected chi connectivity index (χ4v) is 3.31. The molecule has 0 aliphatic carbocycles. The SMILES string of the molecule is COCc1nnc(NC(=O)CCCOc2ccc(C(C)C)cc2Br)s1. The molecule has 1 amide bonds. The Morgan fingerprint density at radius 1 is 1.36 bits per heavy atom. The molecule has 6 nitrogen and oxygen atoms in total. The summed E-state index contributed by atoms with van der Waals surface area (Å²) in [5, 5.41) is 11.8. The fourth-order valence-electron chi connectivity index (χ4n) is 2.08. The van der Waals surface area contributed by atoms with Crippen LogP contribution in [0.5, 0.6) is 5.75 Å². The number of hydrogen-bond acceptors (Lipinski definition) is 6. The van der Waals surface area contributed by atoms with E-state index in [-0.39, 0.29) is 5.91 Å². The lowest BCUT2D eigenvalue weighted by atomic mass is 10.0. The number of rotatable bonds is 9. The molecule has 0 unspecified atom stereocenters. The van der Waals surface area contributed by atoms with E-state index >= 15 is 0 Å². The summed E-state index contributed by atoms with van der Waals surface area (Å²) >= 11 is 4.84. The third-order valence-corrected chi connectivity index (χ3v) is 4.84. The number of aromatic nitrogens is 2. The predicted molar refractivity (Wildman–Crippen MR) is 102 cm³/mol. The smallest absolute Gasteiger partial charge is 0.226 e. The van der Waals surface area contributed by atoms with E-state index in [1.807, 2.05) is 6.07 Å². The summed E-state index contributed by atoms with van der Waals surface area (Å²) in [6.45, 7) is 5.16. The van der Waals surface area contributed by atoms with Gasteiger partial charge in [0.25, 0.3) is 0 Å². The van der Waals surface area contributed by atoms with Gasteiger partial charge in [-0.25, -0.2) is 0 Å². The van der Waals surface area contributed by atoms with E-state index in [9.17, 15) is 4.79 Å². The first-order valence-electron chi connectivity index (χ1n) is 8.03. The van der Waals surface area contributed by atoms with Crippen LogP contribution < -0.4 is 10.1 Å². The number of nitrogens with one attached hydrogen (secondary N) is 1. The van der Waals surface area contributed by atoms with Crippen LogP contribution in [0, 0.1) is 0 Å². The van der Waals surface area contributed by atoms with E-state index in [4.69, 9.17) is 9.47 Å².